The zero-order valence-corrected chi connectivity index (χ0v) is 21.5. The predicted molar refractivity (Wildman–Crippen MR) is 129 cm³/mol. The third-order valence-electron chi connectivity index (χ3n) is 5.58. The van der Waals surface area contributed by atoms with E-state index in [1.54, 1.807) is 6.92 Å². The molecule has 1 amide bonds. The summed E-state index contributed by atoms with van der Waals surface area (Å²) in [4.78, 5) is 23.0. The number of carboxylic acid groups (broad SMARTS) is 1. The molecule has 0 saturated carbocycles. The van der Waals surface area contributed by atoms with Crippen molar-refractivity contribution in [1.29, 1.82) is 0 Å². The van der Waals surface area contributed by atoms with Crippen molar-refractivity contribution in [2.75, 3.05) is 16.2 Å². The minimum absolute atomic E-state index is 0.00823. The van der Waals surface area contributed by atoms with E-state index in [9.17, 15) is 31.2 Å². The number of anilines is 2. The lowest BCUT2D eigenvalue weighted by molar-refractivity contribution is -0.242. The average molecular weight is 565 g/mol. The highest BCUT2D eigenvalue weighted by atomic mass is 35.5. The summed E-state index contributed by atoms with van der Waals surface area (Å²) in [5.41, 5.74) is -2.20. The van der Waals surface area contributed by atoms with E-state index in [4.69, 9.17) is 21.4 Å². The van der Waals surface area contributed by atoms with Gasteiger partial charge >= 0.3 is 18.2 Å². The number of benzene rings is 2. The molecule has 37 heavy (non-hydrogen) atoms. The molecular weight excluding hydrogens is 541 g/mol. The Balaban J connectivity index is 1.97. The van der Waals surface area contributed by atoms with Gasteiger partial charge in [0.2, 0.25) is 5.60 Å². The van der Waals surface area contributed by atoms with Crippen LogP contribution in [0.2, 0.25) is 5.02 Å². The normalized spacial score (nSPS) is 16.0. The summed E-state index contributed by atoms with van der Waals surface area (Å²) < 4.78 is 77.6. The number of carbonyl (C=O) groups excluding carboxylic acids is 1. The van der Waals surface area contributed by atoms with Crippen molar-refractivity contribution in [1.82, 2.24) is 0 Å². The molecule has 9 nitrogen and oxygen atoms in total. The van der Waals surface area contributed by atoms with Crippen LogP contribution in [0.15, 0.2) is 41.3 Å². The minimum atomic E-state index is -4.82. The van der Waals surface area contributed by atoms with Crippen LogP contribution in [0.5, 0.6) is 5.75 Å². The molecule has 2 aromatic rings. The number of ether oxygens (including phenoxy) is 2. The van der Waals surface area contributed by atoms with E-state index in [1.807, 2.05) is 0 Å². The van der Waals surface area contributed by atoms with Gasteiger partial charge in [-0.15, -0.1) is 0 Å². The first-order chi connectivity index (χ1) is 17.0. The number of nitrogens with zero attached hydrogens (tertiary/aromatic N) is 1. The summed E-state index contributed by atoms with van der Waals surface area (Å²) in [5.74, 6) is -1.02. The molecule has 1 aliphatic rings. The molecule has 1 atom stereocenters. The van der Waals surface area contributed by atoms with Crippen LogP contribution in [0.25, 0.3) is 0 Å². The number of hydrogen-bond acceptors (Lipinski definition) is 6. The Morgan fingerprint density at radius 2 is 1.89 bits per heavy atom. The van der Waals surface area contributed by atoms with Gasteiger partial charge in [-0.2, -0.15) is 13.2 Å². The molecule has 1 unspecified atom stereocenters. The summed E-state index contributed by atoms with van der Waals surface area (Å²) >= 11 is 6.13. The molecule has 3 rings (SSSR count). The number of sulfonamides is 1. The summed E-state index contributed by atoms with van der Waals surface area (Å²) in [7, 11) is -4.25. The van der Waals surface area contributed by atoms with Crippen LogP contribution >= 0.6 is 11.6 Å². The van der Waals surface area contributed by atoms with Gasteiger partial charge in [0.15, 0.2) is 0 Å². The number of aliphatic carboxylic acids is 1. The maximum Gasteiger partial charge on any atom is 0.427 e. The fraction of sp³-hybridized carbons (Fsp3) is 0.391. The summed E-state index contributed by atoms with van der Waals surface area (Å²) in [5, 5.41) is 11.4. The maximum atomic E-state index is 13.6. The molecule has 0 aromatic heterocycles. The third-order valence-corrected chi connectivity index (χ3v) is 7.76. The first kappa shape index (κ1) is 28.4. The monoisotopic (exact) mass is 564 g/mol. The molecule has 2 aromatic carbocycles. The summed E-state index contributed by atoms with van der Waals surface area (Å²) in [6.07, 6.45) is -7.30. The third kappa shape index (κ3) is 6.39. The first-order valence-electron chi connectivity index (χ1n) is 10.9. The van der Waals surface area contributed by atoms with Crippen molar-refractivity contribution in [2.24, 2.45) is 0 Å². The smallest absolute Gasteiger partial charge is 0.427 e. The Labute approximate surface area is 216 Å². The van der Waals surface area contributed by atoms with E-state index < -0.39 is 40.0 Å². The first-order valence-corrected chi connectivity index (χ1v) is 12.7. The van der Waals surface area contributed by atoms with E-state index in [0.717, 1.165) is 4.31 Å². The standard InChI is InChI=1S/C23H24ClF3N2O7S/c1-13-4-7-16(11-17(13)24)37(33,34)29-12-15(6-9-20(30)31)35-19-8-5-14(10-18(19)29)28-21(32)36-22(2,3)23(25,26)27/h4-5,7-8,10-11,15H,6,9,12H2,1-3H3,(H,28,32)(H,30,31). The van der Waals surface area contributed by atoms with Crippen LogP contribution < -0.4 is 14.4 Å². The molecule has 0 spiro atoms. The highest BCUT2D eigenvalue weighted by Gasteiger charge is 2.51. The van der Waals surface area contributed by atoms with E-state index in [1.165, 1.54) is 36.4 Å². The van der Waals surface area contributed by atoms with Crippen LogP contribution in [0.3, 0.4) is 0 Å². The molecule has 0 aliphatic carbocycles. The van der Waals surface area contributed by atoms with Crippen LogP contribution in [-0.4, -0.2) is 50.0 Å². The Bertz CT molecular complexity index is 1320. The van der Waals surface area contributed by atoms with Crippen molar-refractivity contribution in [3.63, 3.8) is 0 Å². The fourth-order valence-electron chi connectivity index (χ4n) is 3.35. The van der Waals surface area contributed by atoms with Crippen molar-refractivity contribution in [2.45, 2.75) is 56.4 Å². The van der Waals surface area contributed by atoms with Gasteiger partial charge < -0.3 is 14.6 Å². The molecule has 202 valence electrons. The number of carbonyl (C=O) groups is 2. The molecule has 2 N–H and O–H groups in total. The SMILES string of the molecule is Cc1ccc(S(=O)(=O)N2CC(CCC(=O)O)Oc3ccc(NC(=O)OC(C)(C)C(F)(F)F)cc32)cc1Cl. The number of halogens is 4. The molecule has 14 heteroatoms. The lowest BCUT2D eigenvalue weighted by Gasteiger charge is -2.35. The van der Waals surface area contributed by atoms with Crippen LogP contribution in [0, 0.1) is 6.92 Å². The number of aryl methyl sites for hydroxylation is 1. The zero-order chi connectivity index (χ0) is 27.8. The van der Waals surface area contributed by atoms with Crippen LogP contribution in [-0.2, 0) is 19.6 Å². The van der Waals surface area contributed by atoms with Crippen molar-refractivity contribution in [3.8, 4) is 5.75 Å². The molecule has 0 radical (unpaired) electrons. The Hall–Kier alpha value is -3.19. The zero-order valence-electron chi connectivity index (χ0n) is 19.9. The topological polar surface area (TPSA) is 122 Å². The molecule has 1 heterocycles. The molecule has 0 fully saturated rings. The highest BCUT2D eigenvalue weighted by Crippen LogP contribution is 2.40. The molecular formula is C23H24ClF3N2O7S. The largest absolute Gasteiger partial charge is 0.486 e. The van der Waals surface area contributed by atoms with Gasteiger partial charge in [0.05, 0.1) is 17.1 Å². The molecule has 0 saturated heterocycles. The van der Waals surface area contributed by atoms with Crippen molar-refractivity contribution >= 4 is 45.1 Å². The number of hydrogen-bond donors (Lipinski definition) is 2. The number of alkyl halides is 3. The van der Waals surface area contributed by atoms with E-state index >= 15 is 0 Å². The van der Waals surface area contributed by atoms with E-state index in [0.29, 0.717) is 19.4 Å². The number of carboxylic acids is 1. The van der Waals surface area contributed by atoms with Crippen molar-refractivity contribution < 1.29 is 45.8 Å². The second kappa shape index (κ2) is 10.3. The van der Waals surface area contributed by atoms with E-state index in [2.05, 4.69) is 10.1 Å². The van der Waals surface area contributed by atoms with Gasteiger partial charge in [-0.3, -0.25) is 14.4 Å². The summed E-state index contributed by atoms with van der Waals surface area (Å²) in [6, 6.07) is 7.96. The maximum absolute atomic E-state index is 13.6. The second-order valence-corrected chi connectivity index (χ2v) is 11.1. The van der Waals surface area contributed by atoms with Gasteiger partial charge in [-0.1, -0.05) is 17.7 Å². The molecule has 1 aliphatic heterocycles. The van der Waals surface area contributed by atoms with Gasteiger partial charge in [0, 0.05) is 17.1 Å². The lowest BCUT2D eigenvalue weighted by atomic mass is 10.1. The van der Waals surface area contributed by atoms with Gasteiger partial charge in [-0.25, -0.2) is 13.2 Å². The average Bonchev–Trinajstić information content (AvgIpc) is 2.77. The van der Waals surface area contributed by atoms with Gasteiger partial charge in [0.25, 0.3) is 10.0 Å². The number of rotatable bonds is 7. The Morgan fingerprint density at radius 1 is 1.22 bits per heavy atom. The molecule has 0 bridgehead atoms. The fourth-order valence-corrected chi connectivity index (χ4v) is 5.12. The minimum Gasteiger partial charge on any atom is -0.486 e. The second-order valence-electron chi connectivity index (χ2n) is 8.82. The highest BCUT2D eigenvalue weighted by molar-refractivity contribution is 7.92. The van der Waals surface area contributed by atoms with Crippen LogP contribution in [0.4, 0.5) is 29.3 Å². The van der Waals surface area contributed by atoms with Crippen LogP contribution in [0.1, 0.15) is 32.3 Å². The number of amides is 1. The van der Waals surface area contributed by atoms with E-state index in [-0.39, 0.29) is 46.4 Å². The quantitative estimate of drug-likeness (QED) is 0.464. The predicted octanol–water partition coefficient (Wildman–Crippen LogP) is 5.36. The van der Waals surface area contributed by atoms with Gasteiger partial charge in [-0.05, 0) is 63.1 Å². The Kier molecular flexibility index (Phi) is 7.89. The van der Waals surface area contributed by atoms with Gasteiger partial charge in [0.1, 0.15) is 11.9 Å². The summed E-state index contributed by atoms with van der Waals surface area (Å²) in [6.45, 7) is 2.81. The Morgan fingerprint density at radius 3 is 2.49 bits per heavy atom. The van der Waals surface area contributed by atoms with Crippen molar-refractivity contribution in [3.05, 3.63) is 47.0 Å². The number of fused-ring (bicyclic) bond motifs is 1. The number of nitrogens with one attached hydrogen (secondary N) is 1. The lowest BCUT2D eigenvalue weighted by Crippen LogP contribution is -2.44.